The second-order valence-corrected chi connectivity index (χ2v) is 8.89. The Balaban J connectivity index is 1.33. The van der Waals surface area contributed by atoms with Crippen LogP contribution in [0.1, 0.15) is 56.7 Å². The fraction of sp³-hybridized carbons (Fsp3) is 0.440. The van der Waals surface area contributed by atoms with Gasteiger partial charge in [0.05, 0.1) is 24.5 Å². The van der Waals surface area contributed by atoms with Gasteiger partial charge < -0.3 is 19.5 Å². The Morgan fingerprint density at radius 3 is 2.61 bits per heavy atom. The number of carbonyl (C=O) groups is 2. The minimum Gasteiger partial charge on any atom is -0.378 e. The molecule has 0 unspecified atom stereocenters. The monoisotopic (exact) mass is 447 g/mol. The summed E-state index contributed by atoms with van der Waals surface area (Å²) in [6.07, 6.45) is 3.47. The van der Waals surface area contributed by atoms with Gasteiger partial charge in [-0.15, -0.1) is 0 Å². The standard InChI is InChI=1S/C25H29N5O3/c1-16-19-7-3-4-8-21(19)28-22(16)25(32)30-9-5-6-18(15-30)23-26-14-20(17(2)27-23)24(31)29-10-12-33-13-11-29/h3-4,7-8,14,18,28H,5-6,9-13,15H2,1-2H3/t18-/m0/s1. The SMILES string of the molecule is Cc1nc([C@H]2CCCN(C(=O)c3[nH]c4ccccc4c3C)C2)ncc1C(=O)N1CCOCC1. The maximum atomic E-state index is 13.3. The molecule has 8 nitrogen and oxygen atoms in total. The molecule has 0 spiro atoms. The van der Waals surface area contributed by atoms with Crippen LogP contribution >= 0.6 is 0 Å². The van der Waals surface area contributed by atoms with Gasteiger partial charge in [0.1, 0.15) is 11.5 Å². The number of benzene rings is 1. The van der Waals surface area contributed by atoms with Crippen molar-refractivity contribution in [2.75, 3.05) is 39.4 Å². The molecule has 2 saturated heterocycles. The van der Waals surface area contributed by atoms with Crippen LogP contribution in [0.2, 0.25) is 0 Å². The van der Waals surface area contributed by atoms with Crippen molar-refractivity contribution >= 4 is 22.7 Å². The quantitative estimate of drug-likeness (QED) is 0.666. The number of nitrogens with one attached hydrogen (secondary N) is 1. The van der Waals surface area contributed by atoms with Gasteiger partial charge >= 0.3 is 0 Å². The lowest BCUT2D eigenvalue weighted by molar-refractivity contribution is 0.0301. The van der Waals surface area contributed by atoms with E-state index in [2.05, 4.69) is 9.97 Å². The van der Waals surface area contributed by atoms with Crippen LogP contribution < -0.4 is 0 Å². The molecular formula is C25H29N5O3. The molecule has 1 aromatic carbocycles. The maximum absolute atomic E-state index is 13.3. The summed E-state index contributed by atoms with van der Waals surface area (Å²) in [7, 11) is 0. The topological polar surface area (TPSA) is 91.4 Å². The highest BCUT2D eigenvalue weighted by molar-refractivity contribution is 6.01. The van der Waals surface area contributed by atoms with E-state index in [-0.39, 0.29) is 17.7 Å². The van der Waals surface area contributed by atoms with Crippen LogP contribution in [-0.2, 0) is 4.74 Å². The van der Waals surface area contributed by atoms with Crippen molar-refractivity contribution in [1.82, 2.24) is 24.8 Å². The largest absolute Gasteiger partial charge is 0.378 e. The van der Waals surface area contributed by atoms with Crippen LogP contribution in [0.5, 0.6) is 0 Å². The lowest BCUT2D eigenvalue weighted by Gasteiger charge is -2.32. The van der Waals surface area contributed by atoms with Gasteiger partial charge in [0.2, 0.25) is 0 Å². The molecular weight excluding hydrogens is 418 g/mol. The summed E-state index contributed by atoms with van der Waals surface area (Å²) in [4.78, 5) is 42.4. The van der Waals surface area contributed by atoms with Gasteiger partial charge in [-0.2, -0.15) is 0 Å². The molecule has 172 valence electrons. The van der Waals surface area contributed by atoms with E-state index in [1.807, 2.05) is 43.0 Å². The maximum Gasteiger partial charge on any atom is 0.270 e. The summed E-state index contributed by atoms with van der Waals surface area (Å²) >= 11 is 0. The molecule has 33 heavy (non-hydrogen) atoms. The number of nitrogens with zero attached hydrogens (tertiary/aromatic N) is 4. The van der Waals surface area contributed by atoms with Crippen LogP contribution in [-0.4, -0.2) is 76.0 Å². The number of amides is 2. The molecule has 8 heteroatoms. The lowest BCUT2D eigenvalue weighted by Crippen LogP contribution is -2.41. The van der Waals surface area contributed by atoms with E-state index in [0.29, 0.717) is 55.6 Å². The molecule has 2 aliphatic rings. The summed E-state index contributed by atoms with van der Waals surface area (Å²) in [5, 5.41) is 1.08. The number of fused-ring (bicyclic) bond motifs is 1. The van der Waals surface area contributed by atoms with Crippen LogP contribution in [0, 0.1) is 13.8 Å². The molecule has 1 atom stereocenters. The number of rotatable bonds is 3. The average molecular weight is 448 g/mol. The molecule has 4 heterocycles. The highest BCUT2D eigenvalue weighted by Gasteiger charge is 2.30. The summed E-state index contributed by atoms with van der Waals surface area (Å²) in [5.74, 6) is 0.733. The smallest absolute Gasteiger partial charge is 0.270 e. The molecule has 0 bridgehead atoms. The summed E-state index contributed by atoms with van der Waals surface area (Å²) in [5.41, 5.74) is 3.84. The van der Waals surface area contributed by atoms with E-state index in [9.17, 15) is 9.59 Å². The highest BCUT2D eigenvalue weighted by atomic mass is 16.5. The van der Waals surface area contributed by atoms with E-state index in [1.54, 1.807) is 11.1 Å². The predicted octanol–water partition coefficient (Wildman–Crippen LogP) is 3.07. The zero-order chi connectivity index (χ0) is 22.9. The number of aromatic amines is 1. The first kappa shape index (κ1) is 21.6. The molecule has 5 rings (SSSR count). The molecule has 1 N–H and O–H groups in total. The molecule has 0 radical (unpaired) electrons. The van der Waals surface area contributed by atoms with Gasteiger partial charge in [-0.3, -0.25) is 9.59 Å². The van der Waals surface area contributed by atoms with Crippen LogP contribution in [0.25, 0.3) is 10.9 Å². The zero-order valence-corrected chi connectivity index (χ0v) is 19.1. The van der Waals surface area contributed by atoms with Crippen molar-refractivity contribution in [3.05, 3.63) is 58.8 Å². The normalized spacial score (nSPS) is 19.2. The molecule has 3 aromatic rings. The number of hydrogen-bond acceptors (Lipinski definition) is 5. The number of para-hydroxylation sites is 1. The second-order valence-electron chi connectivity index (χ2n) is 8.89. The van der Waals surface area contributed by atoms with Crippen molar-refractivity contribution < 1.29 is 14.3 Å². The first-order valence-corrected chi connectivity index (χ1v) is 11.6. The number of likely N-dealkylation sites (tertiary alicyclic amines) is 1. The number of morpholine rings is 1. The number of hydrogen-bond donors (Lipinski definition) is 1. The number of H-pyrrole nitrogens is 1. The predicted molar refractivity (Wildman–Crippen MR) is 124 cm³/mol. The van der Waals surface area contributed by atoms with E-state index in [1.165, 1.54) is 0 Å². The zero-order valence-electron chi connectivity index (χ0n) is 19.1. The summed E-state index contributed by atoms with van der Waals surface area (Å²) < 4.78 is 5.34. The molecule has 2 aliphatic heterocycles. The van der Waals surface area contributed by atoms with Gasteiger partial charge in [0.15, 0.2) is 0 Å². The van der Waals surface area contributed by atoms with Crippen LogP contribution in [0.15, 0.2) is 30.5 Å². The number of carbonyl (C=O) groups excluding carboxylic acids is 2. The number of ether oxygens (including phenoxy) is 1. The van der Waals surface area contributed by atoms with E-state index < -0.39 is 0 Å². The van der Waals surface area contributed by atoms with E-state index in [0.717, 1.165) is 35.9 Å². The van der Waals surface area contributed by atoms with Gasteiger partial charge in [0.25, 0.3) is 11.8 Å². The van der Waals surface area contributed by atoms with Crippen LogP contribution in [0.3, 0.4) is 0 Å². The highest BCUT2D eigenvalue weighted by Crippen LogP contribution is 2.28. The van der Waals surface area contributed by atoms with Crippen molar-refractivity contribution in [3.63, 3.8) is 0 Å². The minimum absolute atomic E-state index is 0.0178. The Morgan fingerprint density at radius 1 is 1.06 bits per heavy atom. The minimum atomic E-state index is -0.0444. The lowest BCUT2D eigenvalue weighted by atomic mass is 9.96. The third-order valence-corrected chi connectivity index (χ3v) is 6.78. The molecule has 2 aromatic heterocycles. The van der Waals surface area contributed by atoms with E-state index in [4.69, 9.17) is 9.72 Å². The Hall–Kier alpha value is -3.26. The molecule has 0 saturated carbocycles. The molecule has 0 aliphatic carbocycles. The van der Waals surface area contributed by atoms with Gasteiger partial charge in [-0.05, 0) is 38.3 Å². The Morgan fingerprint density at radius 2 is 1.85 bits per heavy atom. The van der Waals surface area contributed by atoms with Crippen molar-refractivity contribution in [3.8, 4) is 0 Å². The summed E-state index contributed by atoms with van der Waals surface area (Å²) in [6.45, 7) is 7.44. The van der Waals surface area contributed by atoms with Crippen molar-refractivity contribution in [2.24, 2.45) is 0 Å². The van der Waals surface area contributed by atoms with Gasteiger partial charge in [-0.1, -0.05) is 18.2 Å². The first-order valence-electron chi connectivity index (χ1n) is 11.6. The fourth-order valence-corrected chi connectivity index (χ4v) is 4.86. The van der Waals surface area contributed by atoms with Crippen molar-refractivity contribution in [2.45, 2.75) is 32.6 Å². The third kappa shape index (κ3) is 4.11. The van der Waals surface area contributed by atoms with Gasteiger partial charge in [0, 0.05) is 49.2 Å². The molecule has 2 fully saturated rings. The third-order valence-electron chi connectivity index (χ3n) is 6.78. The number of aromatic nitrogens is 3. The van der Waals surface area contributed by atoms with E-state index >= 15 is 0 Å². The average Bonchev–Trinajstić information content (AvgIpc) is 3.20. The summed E-state index contributed by atoms with van der Waals surface area (Å²) in [6, 6.07) is 7.99. The van der Waals surface area contributed by atoms with Crippen molar-refractivity contribution in [1.29, 1.82) is 0 Å². The number of piperidine rings is 1. The molecule has 2 amide bonds. The van der Waals surface area contributed by atoms with Gasteiger partial charge in [-0.25, -0.2) is 9.97 Å². The first-order chi connectivity index (χ1) is 16.0. The Kier molecular flexibility index (Phi) is 5.85. The Bertz CT molecular complexity index is 1200. The Labute approximate surface area is 193 Å². The fourth-order valence-electron chi connectivity index (χ4n) is 4.86. The van der Waals surface area contributed by atoms with Crippen LogP contribution in [0.4, 0.5) is 0 Å². The number of aryl methyl sites for hydroxylation is 2. The second kappa shape index (κ2) is 8.94.